The molecule has 0 aromatic heterocycles. The summed E-state index contributed by atoms with van der Waals surface area (Å²) in [6, 6.07) is 0. The standard InChI is InChI=1S/C9H14N2O2/c1-10-6-11(5-8(10)12)9(13)7-3-2-4-7/h7H,2-6H2,1H3. The van der Waals surface area contributed by atoms with Crippen LogP contribution in [0.5, 0.6) is 0 Å². The predicted octanol–water partition coefficient (Wildman–Crippen LogP) is 0.0446. The summed E-state index contributed by atoms with van der Waals surface area (Å²) in [6.45, 7) is 0.764. The second-order valence-electron chi connectivity index (χ2n) is 3.90. The van der Waals surface area contributed by atoms with Gasteiger partial charge in [-0.2, -0.15) is 0 Å². The number of nitrogens with zero attached hydrogens (tertiary/aromatic N) is 2. The number of carbonyl (C=O) groups is 2. The first-order valence-electron chi connectivity index (χ1n) is 4.71. The number of carbonyl (C=O) groups excluding carboxylic acids is 2. The van der Waals surface area contributed by atoms with Crippen molar-refractivity contribution in [2.24, 2.45) is 5.92 Å². The Hall–Kier alpha value is -1.06. The minimum Gasteiger partial charge on any atom is -0.326 e. The van der Waals surface area contributed by atoms with Crippen LogP contribution < -0.4 is 0 Å². The van der Waals surface area contributed by atoms with Gasteiger partial charge in [-0.25, -0.2) is 0 Å². The molecule has 2 amide bonds. The molecule has 1 saturated carbocycles. The van der Waals surface area contributed by atoms with Crippen LogP contribution in [0, 0.1) is 5.92 Å². The summed E-state index contributed by atoms with van der Waals surface area (Å²) in [6.07, 6.45) is 3.18. The van der Waals surface area contributed by atoms with Crippen molar-refractivity contribution < 1.29 is 9.59 Å². The van der Waals surface area contributed by atoms with Gasteiger partial charge in [0.25, 0.3) is 0 Å². The largest absolute Gasteiger partial charge is 0.326 e. The van der Waals surface area contributed by atoms with E-state index >= 15 is 0 Å². The zero-order valence-corrected chi connectivity index (χ0v) is 7.82. The highest BCUT2D eigenvalue weighted by molar-refractivity contribution is 5.88. The molecule has 0 radical (unpaired) electrons. The topological polar surface area (TPSA) is 40.6 Å². The number of hydrogen-bond donors (Lipinski definition) is 0. The molecule has 0 aromatic carbocycles. The number of hydrogen-bond acceptors (Lipinski definition) is 2. The molecule has 1 saturated heterocycles. The maximum absolute atomic E-state index is 11.7. The van der Waals surface area contributed by atoms with Gasteiger partial charge in [0, 0.05) is 13.0 Å². The van der Waals surface area contributed by atoms with Crippen LogP contribution in [0.15, 0.2) is 0 Å². The molecule has 1 aliphatic heterocycles. The van der Waals surface area contributed by atoms with Gasteiger partial charge in [-0.05, 0) is 12.8 Å². The molecule has 4 nitrogen and oxygen atoms in total. The first kappa shape index (κ1) is 8.53. The van der Waals surface area contributed by atoms with E-state index < -0.39 is 0 Å². The van der Waals surface area contributed by atoms with E-state index in [2.05, 4.69) is 0 Å². The zero-order valence-electron chi connectivity index (χ0n) is 7.82. The van der Waals surface area contributed by atoms with Crippen molar-refractivity contribution in [1.82, 2.24) is 9.80 Å². The molecule has 0 atom stereocenters. The van der Waals surface area contributed by atoms with Gasteiger partial charge < -0.3 is 9.80 Å². The maximum atomic E-state index is 11.7. The monoisotopic (exact) mass is 182 g/mol. The van der Waals surface area contributed by atoms with Gasteiger partial charge in [0.2, 0.25) is 11.8 Å². The Balaban J connectivity index is 1.94. The van der Waals surface area contributed by atoms with Gasteiger partial charge in [0.05, 0.1) is 6.67 Å². The van der Waals surface area contributed by atoms with E-state index in [0.29, 0.717) is 6.67 Å². The molecule has 2 aliphatic rings. The van der Waals surface area contributed by atoms with Crippen molar-refractivity contribution in [3.8, 4) is 0 Å². The van der Waals surface area contributed by atoms with E-state index in [-0.39, 0.29) is 24.3 Å². The zero-order chi connectivity index (χ0) is 9.42. The fraction of sp³-hybridized carbons (Fsp3) is 0.778. The number of amides is 2. The van der Waals surface area contributed by atoms with E-state index in [0.717, 1.165) is 19.3 Å². The third kappa shape index (κ3) is 1.41. The maximum Gasteiger partial charge on any atom is 0.243 e. The summed E-state index contributed by atoms with van der Waals surface area (Å²) in [4.78, 5) is 26.1. The lowest BCUT2D eigenvalue weighted by Crippen LogP contribution is -2.38. The number of likely N-dealkylation sites (N-methyl/N-ethyl adjacent to an activating group) is 1. The molecule has 2 fully saturated rings. The third-order valence-electron chi connectivity index (χ3n) is 2.90. The SMILES string of the molecule is CN1CN(C(=O)C2CCC2)CC1=O. The van der Waals surface area contributed by atoms with Gasteiger partial charge in [0.1, 0.15) is 6.54 Å². The van der Waals surface area contributed by atoms with E-state index in [1.807, 2.05) is 0 Å². The lowest BCUT2D eigenvalue weighted by atomic mass is 9.84. The molecular formula is C9H14N2O2. The van der Waals surface area contributed by atoms with Crippen LogP contribution in [0.4, 0.5) is 0 Å². The molecule has 1 aliphatic carbocycles. The van der Waals surface area contributed by atoms with E-state index in [1.54, 1.807) is 16.8 Å². The first-order valence-corrected chi connectivity index (χ1v) is 4.71. The second-order valence-corrected chi connectivity index (χ2v) is 3.90. The molecular weight excluding hydrogens is 168 g/mol. The Labute approximate surface area is 77.5 Å². The van der Waals surface area contributed by atoms with Crippen LogP contribution >= 0.6 is 0 Å². The molecule has 0 aromatic rings. The molecule has 4 heteroatoms. The normalized spacial score (nSPS) is 23.6. The average molecular weight is 182 g/mol. The van der Waals surface area contributed by atoms with Gasteiger partial charge in [-0.1, -0.05) is 6.42 Å². The molecule has 13 heavy (non-hydrogen) atoms. The summed E-state index contributed by atoms with van der Waals surface area (Å²) < 4.78 is 0. The first-order chi connectivity index (χ1) is 6.18. The van der Waals surface area contributed by atoms with Crippen LogP contribution in [0.3, 0.4) is 0 Å². The Morgan fingerprint density at radius 3 is 2.54 bits per heavy atom. The van der Waals surface area contributed by atoms with E-state index in [9.17, 15) is 9.59 Å². The van der Waals surface area contributed by atoms with Crippen molar-refractivity contribution >= 4 is 11.8 Å². The van der Waals surface area contributed by atoms with Crippen LogP contribution in [-0.4, -0.2) is 41.9 Å². The van der Waals surface area contributed by atoms with Crippen molar-refractivity contribution in [2.45, 2.75) is 19.3 Å². The quantitative estimate of drug-likeness (QED) is 0.574. The molecule has 2 rings (SSSR count). The summed E-state index contributed by atoms with van der Waals surface area (Å²) in [5, 5.41) is 0. The molecule has 0 spiro atoms. The third-order valence-corrected chi connectivity index (χ3v) is 2.90. The van der Waals surface area contributed by atoms with E-state index in [1.165, 1.54) is 0 Å². The molecule has 1 heterocycles. The summed E-state index contributed by atoms with van der Waals surface area (Å²) >= 11 is 0. The summed E-state index contributed by atoms with van der Waals surface area (Å²) in [5.41, 5.74) is 0. The van der Waals surface area contributed by atoms with Crippen LogP contribution in [0.2, 0.25) is 0 Å². The highest BCUT2D eigenvalue weighted by Crippen LogP contribution is 2.28. The van der Waals surface area contributed by atoms with Gasteiger partial charge in [-0.15, -0.1) is 0 Å². The molecule has 0 unspecified atom stereocenters. The molecule has 0 bridgehead atoms. The molecule has 72 valence electrons. The predicted molar refractivity (Wildman–Crippen MR) is 46.7 cm³/mol. The Bertz CT molecular complexity index is 248. The van der Waals surface area contributed by atoms with Gasteiger partial charge >= 0.3 is 0 Å². The fourth-order valence-electron chi connectivity index (χ4n) is 1.73. The minimum atomic E-state index is 0.0488. The Morgan fingerprint density at radius 2 is 2.15 bits per heavy atom. The van der Waals surface area contributed by atoms with Crippen molar-refractivity contribution in [3.63, 3.8) is 0 Å². The lowest BCUT2D eigenvalue weighted by molar-refractivity contribution is -0.138. The van der Waals surface area contributed by atoms with Crippen molar-refractivity contribution in [1.29, 1.82) is 0 Å². The fourth-order valence-corrected chi connectivity index (χ4v) is 1.73. The summed E-state index contributed by atoms with van der Waals surface area (Å²) in [7, 11) is 1.73. The van der Waals surface area contributed by atoms with Crippen LogP contribution in [0.25, 0.3) is 0 Å². The van der Waals surface area contributed by atoms with Crippen LogP contribution in [-0.2, 0) is 9.59 Å². The minimum absolute atomic E-state index is 0.0488. The van der Waals surface area contributed by atoms with Gasteiger partial charge in [-0.3, -0.25) is 9.59 Å². The number of rotatable bonds is 1. The van der Waals surface area contributed by atoms with Gasteiger partial charge in [0.15, 0.2) is 0 Å². The van der Waals surface area contributed by atoms with Crippen LogP contribution in [0.1, 0.15) is 19.3 Å². The second kappa shape index (κ2) is 3.01. The van der Waals surface area contributed by atoms with E-state index in [4.69, 9.17) is 0 Å². The highest BCUT2D eigenvalue weighted by Gasteiger charge is 2.34. The lowest BCUT2D eigenvalue weighted by Gasteiger charge is -2.28. The van der Waals surface area contributed by atoms with Crippen molar-refractivity contribution in [3.05, 3.63) is 0 Å². The Morgan fingerprint density at radius 1 is 1.46 bits per heavy atom. The Kier molecular flexibility index (Phi) is 1.98. The highest BCUT2D eigenvalue weighted by atomic mass is 16.2. The summed E-state index contributed by atoms with van der Waals surface area (Å²) in [5.74, 6) is 0.427. The van der Waals surface area contributed by atoms with Crippen molar-refractivity contribution in [2.75, 3.05) is 20.3 Å². The average Bonchev–Trinajstić information content (AvgIpc) is 2.28. The smallest absolute Gasteiger partial charge is 0.243 e. The molecule has 0 N–H and O–H groups in total.